The van der Waals surface area contributed by atoms with Crippen LogP contribution < -0.4 is 0 Å². The molecule has 1 N–H and O–H groups in total. The zero-order chi connectivity index (χ0) is 19.3. The average molecular weight is 377 g/mol. The number of carbonyl (C=O) groups is 2. The predicted octanol–water partition coefficient (Wildman–Crippen LogP) is 4.26. The molecule has 1 amide bonds. The second-order valence-corrected chi connectivity index (χ2v) is 8.23. The number of fused-ring (bicyclic) bond motifs is 3. The Morgan fingerprint density at radius 3 is 2.25 bits per heavy atom. The smallest absolute Gasteiger partial charge is 0.410 e. The summed E-state index contributed by atoms with van der Waals surface area (Å²) in [4.78, 5) is 25.9. The number of aliphatic carboxylic acids is 1. The van der Waals surface area contributed by atoms with Crippen molar-refractivity contribution in [3.05, 3.63) is 59.7 Å². The summed E-state index contributed by atoms with van der Waals surface area (Å²) < 4.78 is 5.79. The lowest BCUT2D eigenvalue weighted by Crippen LogP contribution is -2.57. The first-order chi connectivity index (χ1) is 13.6. The third kappa shape index (κ3) is 2.53. The molecule has 1 aliphatic heterocycles. The van der Waals surface area contributed by atoms with Crippen LogP contribution in [0.1, 0.15) is 42.7 Å². The fraction of sp³-hybridized carbons (Fsp3) is 0.391. The standard InChI is InChI=1S/C23H23NO4/c25-21(26)15-12-23(13-15)10-5-11-24(23)22(27)28-14-20-18-8-3-1-6-16(18)17-7-2-4-9-19(17)20/h1-4,6-9,15,20H,5,10-14H2,(H,25,26). The van der Waals surface area contributed by atoms with Gasteiger partial charge >= 0.3 is 12.1 Å². The molecule has 2 fully saturated rings. The van der Waals surface area contributed by atoms with Gasteiger partial charge in [-0.05, 0) is 47.9 Å². The Morgan fingerprint density at radius 1 is 1.04 bits per heavy atom. The molecule has 5 heteroatoms. The number of likely N-dealkylation sites (tertiary alicyclic amines) is 1. The highest BCUT2D eigenvalue weighted by atomic mass is 16.6. The summed E-state index contributed by atoms with van der Waals surface area (Å²) in [7, 11) is 0. The van der Waals surface area contributed by atoms with Crippen molar-refractivity contribution in [3.8, 4) is 11.1 Å². The lowest BCUT2D eigenvalue weighted by molar-refractivity contribution is -0.150. The van der Waals surface area contributed by atoms with Gasteiger partial charge in [0.15, 0.2) is 0 Å². The summed E-state index contributed by atoms with van der Waals surface area (Å²) >= 11 is 0. The van der Waals surface area contributed by atoms with Crippen molar-refractivity contribution in [2.75, 3.05) is 13.2 Å². The lowest BCUT2D eigenvalue weighted by Gasteiger charge is -2.48. The molecule has 0 aromatic heterocycles. The molecular formula is C23H23NO4. The second-order valence-electron chi connectivity index (χ2n) is 8.23. The van der Waals surface area contributed by atoms with E-state index < -0.39 is 5.97 Å². The lowest BCUT2D eigenvalue weighted by atomic mass is 9.67. The molecular weight excluding hydrogens is 354 g/mol. The first kappa shape index (κ1) is 17.3. The van der Waals surface area contributed by atoms with Gasteiger partial charge in [-0.3, -0.25) is 4.79 Å². The molecule has 5 nitrogen and oxygen atoms in total. The van der Waals surface area contributed by atoms with Crippen LogP contribution in [-0.4, -0.2) is 40.8 Å². The van der Waals surface area contributed by atoms with Gasteiger partial charge in [0.25, 0.3) is 0 Å². The zero-order valence-electron chi connectivity index (χ0n) is 15.6. The van der Waals surface area contributed by atoms with Crippen molar-refractivity contribution in [1.29, 1.82) is 0 Å². The average Bonchev–Trinajstić information content (AvgIpc) is 3.25. The molecule has 1 heterocycles. The summed E-state index contributed by atoms with van der Waals surface area (Å²) in [6.45, 7) is 0.963. The molecule has 2 aromatic carbocycles. The zero-order valence-corrected chi connectivity index (χ0v) is 15.6. The Kier molecular flexibility index (Phi) is 3.93. The van der Waals surface area contributed by atoms with Gasteiger partial charge < -0.3 is 14.7 Å². The van der Waals surface area contributed by atoms with Crippen LogP contribution in [0.25, 0.3) is 11.1 Å². The van der Waals surface area contributed by atoms with E-state index in [0.717, 1.165) is 12.8 Å². The minimum absolute atomic E-state index is 0.0445. The van der Waals surface area contributed by atoms with Crippen molar-refractivity contribution >= 4 is 12.1 Å². The number of hydrogen-bond donors (Lipinski definition) is 1. The van der Waals surface area contributed by atoms with Gasteiger partial charge in [-0.15, -0.1) is 0 Å². The topological polar surface area (TPSA) is 66.8 Å². The Balaban J connectivity index is 1.32. The van der Waals surface area contributed by atoms with Gasteiger partial charge in [0.1, 0.15) is 6.61 Å². The number of carboxylic acids is 1. The molecule has 5 rings (SSSR count). The van der Waals surface area contributed by atoms with Gasteiger partial charge in [-0.2, -0.15) is 0 Å². The summed E-state index contributed by atoms with van der Waals surface area (Å²) in [5, 5.41) is 9.20. The van der Waals surface area contributed by atoms with Crippen molar-refractivity contribution in [1.82, 2.24) is 4.90 Å². The second kappa shape index (κ2) is 6.36. The number of benzene rings is 2. The van der Waals surface area contributed by atoms with Crippen LogP contribution in [0.4, 0.5) is 4.79 Å². The summed E-state index contributed by atoms with van der Waals surface area (Å²) in [5.41, 5.74) is 4.51. The van der Waals surface area contributed by atoms with E-state index in [0.29, 0.717) is 26.0 Å². The van der Waals surface area contributed by atoms with E-state index in [2.05, 4.69) is 24.3 Å². The van der Waals surface area contributed by atoms with E-state index in [4.69, 9.17) is 4.74 Å². The monoisotopic (exact) mass is 377 g/mol. The van der Waals surface area contributed by atoms with E-state index in [1.165, 1.54) is 22.3 Å². The fourth-order valence-electron chi connectivity index (χ4n) is 5.35. The maximum absolute atomic E-state index is 12.9. The maximum atomic E-state index is 12.9. The number of ether oxygens (including phenoxy) is 1. The van der Waals surface area contributed by atoms with Crippen LogP contribution in [0.15, 0.2) is 48.5 Å². The van der Waals surface area contributed by atoms with E-state index in [9.17, 15) is 14.7 Å². The molecule has 0 unspecified atom stereocenters. The normalized spacial score (nSPS) is 25.3. The van der Waals surface area contributed by atoms with Gasteiger partial charge in [-0.1, -0.05) is 48.5 Å². The van der Waals surface area contributed by atoms with Crippen molar-refractivity contribution in [2.45, 2.75) is 37.1 Å². The Hall–Kier alpha value is -2.82. The van der Waals surface area contributed by atoms with Gasteiger partial charge in [0.2, 0.25) is 0 Å². The maximum Gasteiger partial charge on any atom is 0.410 e. The van der Waals surface area contributed by atoms with E-state index in [1.54, 1.807) is 4.90 Å². The Bertz CT molecular complexity index is 902. The molecule has 1 saturated heterocycles. The largest absolute Gasteiger partial charge is 0.481 e. The predicted molar refractivity (Wildman–Crippen MR) is 104 cm³/mol. The molecule has 2 aliphatic carbocycles. The van der Waals surface area contributed by atoms with Crippen LogP contribution in [0.2, 0.25) is 0 Å². The number of nitrogens with zero attached hydrogens (tertiary/aromatic N) is 1. The van der Waals surface area contributed by atoms with E-state index in [-0.39, 0.29) is 23.5 Å². The van der Waals surface area contributed by atoms with Crippen molar-refractivity contribution in [3.63, 3.8) is 0 Å². The molecule has 28 heavy (non-hydrogen) atoms. The van der Waals surface area contributed by atoms with Gasteiger partial charge in [0, 0.05) is 18.0 Å². The van der Waals surface area contributed by atoms with Crippen LogP contribution >= 0.6 is 0 Å². The van der Waals surface area contributed by atoms with Gasteiger partial charge in [-0.25, -0.2) is 4.79 Å². The van der Waals surface area contributed by atoms with Gasteiger partial charge in [0.05, 0.1) is 5.92 Å². The molecule has 144 valence electrons. The minimum atomic E-state index is -0.759. The van der Waals surface area contributed by atoms with E-state index >= 15 is 0 Å². The number of carbonyl (C=O) groups excluding carboxylic acids is 1. The SMILES string of the molecule is O=C(O)C1CC2(CCCN2C(=O)OCC2c3ccccc3-c3ccccc32)C1. The first-order valence-electron chi connectivity index (χ1n) is 9.94. The molecule has 1 spiro atoms. The first-order valence-corrected chi connectivity index (χ1v) is 9.94. The number of rotatable bonds is 3. The highest BCUT2D eigenvalue weighted by Crippen LogP contribution is 2.50. The quantitative estimate of drug-likeness (QED) is 0.868. The Morgan fingerprint density at radius 2 is 1.64 bits per heavy atom. The molecule has 0 atom stereocenters. The minimum Gasteiger partial charge on any atom is -0.481 e. The van der Waals surface area contributed by atoms with Crippen LogP contribution in [-0.2, 0) is 9.53 Å². The summed E-state index contributed by atoms with van der Waals surface area (Å²) in [6.07, 6.45) is 2.58. The molecule has 0 radical (unpaired) electrons. The summed E-state index contributed by atoms with van der Waals surface area (Å²) in [6, 6.07) is 16.6. The van der Waals surface area contributed by atoms with Crippen LogP contribution in [0.5, 0.6) is 0 Å². The van der Waals surface area contributed by atoms with Crippen LogP contribution in [0, 0.1) is 5.92 Å². The molecule has 1 saturated carbocycles. The molecule has 2 aromatic rings. The fourth-order valence-corrected chi connectivity index (χ4v) is 5.35. The Labute approximate surface area is 163 Å². The third-order valence-electron chi connectivity index (χ3n) is 6.75. The highest BCUT2D eigenvalue weighted by molar-refractivity contribution is 5.79. The molecule has 0 bridgehead atoms. The number of hydrogen-bond acceptors (Lipinski definition) is 3. The molecule has 3 aliphatic rings. The van der Waals surface area contributed by atoms with E-state index in [1.807, 2.05) is 24.3 Å². The highest BCUT2D eigenvalue weighted by Gasteiger charge is 2.55. The van der Waals surface area contributed by atoms with Crippen LogP contribution in [0.3, 0.4) is 0 Å². The van der Waals surface area contributed by atoms with Crippen molar-refractivity contribution < 1.29 is 19.4 Å². The van der Waals surface area contributed by atoms with Crippen molar-refractivity contribution in [2.24, 2.45) is 5.92 Å². The number of carboxylic acid groups (broad SMARTS) is 1. The number of amides is 1. The summed E-state index contributed by atoms with van der Waals surface area (Å²) in [5.74, 6) is -1.05. The third-order valence-corrected chi connectivity index (χ3v) is 6.75.